The summed E-state index contributed by atoms with van der Waals surface area (Å²) in [5.41, 5.74) is 7.10. The van der Waals surface area contributed by atoms with Crippen molar-refractivity contribution in [3.05, 3.63) is 29.8 Å². The fraction of sp³-hybridized carbons (Fsp3) is 0.579. The zero-order valence-electron chi connectivity index (χ0n) is 15.1. The van der Waals surface area contributed by atoms with Crippen LogP contribution in [0.3, 0.4) is 0 Å². The van der Waals surface area contributed by atoms with Crippen LogP contribution in [-0.2, 0) is 4.79 Å². The lowest BCUT2D eigenvalue weighted by Crippen LogP contribution is -2.38. The number of rotatable bonds is 5. The number of benzene rings is 1. The summed E-state index contributed by atoms with van der Waals surface area (Å²) in [5.74, 6) is 1.35. The molecule has 2 aliphatic rings. The van der Waals surface area contributed by atoms with Crippen LogP contribution in [0.2, 0.25) is 0 Å². The summed E-state index contributed by atoms with van der Waals surface area (Å²) in [4.78, 5) is 16.3. The molecular weight excluding hydrogens is 443 g/mol. The van der Waals surface area contributed by atoms with Crippen molar-refractivity contribution < 1.29 is 9.53 Å². The van der Waals surface area contributed by atoms with Crippen molar-refractivity contribution in [1.29, 1.82) is 0 Å². The first-order valence-electron chi connectivity index (χ1n) is 9.30. The SMILES string of the molecule is I.NC(=NCCC(=O)NC1CCCCC1)NC1CCOc2ccccc21. The average Bonchev–Trinajstić information content (AvgIpc) is 2.63. The predicted octanol–water partition coefficient (Wildman–Crippen LogP) is 2.87. The molecule has 0 radical (unpaired) electrons. The Balaban J connectivity index is 0.00000243. The third kappa shape index (κ3) is 6.03. The molecule has 3 rings (SSSR count). The number of carbonyl (C=O) groups excluding carboxylic acids is 1. The summed E-state index contributed by atoms with van der Waals surface area (Å²) < 4.78 is 5.65. The van der Waals surface area contributed by atoms with Crippen LogP contribution in [0, 0.1) is 0 Å². The Morgan fingerprint density at radius 3 is 2.73 bits per heavy atom. The van der Waals surface area contributed by atoms with E-state index in [1.54, 1.807) is 0 Å². The molecule has 1 aromatic carbocycles. The largest absolute Gasteiger partial charge is 0.493 e. The number of nitrogens with zero attached hydrogens (tertiary/aromatic N) is 1. The Morgan fingerprint density at radius 1 is 1.15 bits per heavy atom. The van der Waals surface area contributed by atoms with Crippen LogP contribution >= 0.6 is 24.0 Å². The van der Waals surface area contributed by atoms with Gasteiger partial charge in [-0.2, -0.15) is 0 Å². The normalized spacial score (nSPS) is 20.3. The van der Waals surface area contributed by atoms with Crippen LogP contribution in [-0.4, -0.2) is 31.1 Å². The Hall–Kier alpha value is -1.51. The molecule has 1 fully saturated rings. The minimum Gasteiger partial charge on any atom is -0.493 e. The molecule has 7 heteroatoms. The minimum absolute atomic E-state index is 0. The topological polar surface area (TPSA) is 88.7 Å². The van der Waals surface area contributed by atoms with E-state index in [0.717, 1.165) is 30.6 Å². The molecule has 1 aliphatic carbocycles. The van der Waals surface area contributed by atoms with Crippen molar-refractivity contribution in [2.75, 3.05) is 13.2 Å². The van der Waals surface area contributed by atoms with E-state index in [-0.39, 0.29) is 35.9 Å². The van der Waals surface area contributed by atoms with Crippen molar-refractivity contribution in [3.63, 3.8) is 0 Å². The molecule has 1 atom stereocenters. The highest BCUT2D eigenvalue weighted by atomic mass is 127. The van der Waals surface area contributed by atoms with E-state index in [9.17, 15) is 4.79 Å². The smallest absolute Gasteiger partial charge is 0.222 e. The second kappa shape index (κ2) is 10.6. The molecule has 26 heavy (non-hydrogen) atoms. The number of halogens is 1. The molecule has 0 spiro atoms. The van der Waals surface area contributed by atoms with Gasteiger partial charge in [0, 0.05) is 24.4 Å². The number of nitrogens with one attached hydrogen (secondary N) is 2. The van der Waals surface area contributed by atoms with Gasteiger partial charge in [0.1, 0.15) is 5.75 Å². The first-order valence-corrected chi connectivity index (χ1v) is 9.30. The van der Waals surface area contributed by atoms with Crippen LogP contribution in [0.1, 0.15) is 56.6 Å². The Morgan fingerprint density at radius 2 is 1.92 bits per heavy atom. The number of fused-ring (bicyclic) bond motifs is 1. The second-order valence-corrected chi connectivity index (χ2v) is 6.79. The fourth-order valence-electron chi connectivity index (χ4n) is 3.54. The highest BCUT2D eigenvalue weighted by molar-refractivity contribution is 14.0. The molecule has 0 aromatic heterocycles. The number of hydrogen-bond acceptors (Lipinski definition) is 3. The minimum atomic E-state index is 0. The molecule has 1 aromatic rings. The number of hydrogen-bond donors (Lipinski definition) is 3. The Bertz CT molecular complexity index is 617. The lowest BCUT2D eigenvalue weighted by atomic mass is 9.95. The van der Waals surface area contributed by atoms with E-state index in [0.29, 0.717) is 31.6 Å². The third-order valence-electron chi connectivity index (χ3n) is 4.87. The van der Waals surface area contributed by atoms with Crippen molar-refractivity contribution in [2.45, 2.75) is 57.0 Å². The lowest BCUT2D eigenvalue weighted by molar-refractivity contribution is -0.121. The lowest BCUT2D eigenvalue weighted by Gasteiger charge is -2.27. The van der Waals surface area contributed by atoms with Gasteiger partial charge in [0.05, 0.1) is 19.2 Å². The van der Waals surface area contributed by atoms with Gasteiger partial charge in [-0.25, -0.2) is 0 Å². The van der Waals surface area contributed by atoms with Crippen molar-refractivity contribution in [1.82, 2.24) is 10.6 Å². The second-order valence-electron chi connectivity index (χ2n) is 6.79. The fourth-order valence-corrected chi connectivity index (χ4v) is 3.54. The van der Waals surface area contributed by atoms with Gasteiger partial charge in [-0.1, -0.05) is 37.5 Å². The molecule has 144 valence electrons. The maximum absolute atomic E-state index is 12.0. The first-order chi connectivity index (χ1) is 12.2. The van der Waals surface area contributed by atoms with Gasteiger partial charge in [0.2, 0.25) is 5.91 Å². The Kier molecular flexibility index (Phi) is 8.47. The quantitative estimate of drug-likeness (QED) is 0.350. The number of para-hydroxylation sites is 1. The predicted molar refractivity (Wildman–Crippen MR) is 114 cm³/mol. The maximum atomic E-state index is 12.0. The average molecular weight is 472 g/mol. The van der Waals surface area contributed by atoms with E-state index < -0.39 is 0 Å². The van der Waals surface area contributed by atoms with Crippen LogP contribution < -0.4 is 21.1 Å². The van der Waals surface area contributed by atoms with Gasteiger partial charge in [0.25, 0.3) is 0 Å². The van der Waals surface area contributed by atoms with Gasteiger partial charge >= 0.3 is 0 Å². The van der Waals surface area contributed by atoms with Crippen LogP contribution in [0.5, 0.6) is 5.75 Å². The van der Waals surface area contributed by atoms with Crippen LogP contribution in [0.4, 0.5) is 0 Å². The number of guanidine groups is 1. The van der Waals surface area contributed by atoms with Crippen molar-refractivity contribution in [3.8, 4) is 5.75 Å². The van der Waals surface area contributed by atoms with Crippen LogP contribution in [0.15, 0.2) is 29.3 Å². The molecular formula is C19H29IN4O2. The summed E-state index contributed by atoms with van der Waals surface area (Å²) in [7, 11) is 0. The highest BCUT2D eigenvalue weighted by Gasteiger charge is 2.21. The number of nitrogens with two attached hydrogens (primary N) is 1. The molecule has 1 saturated carbocycles. The summed E-state index contributed by atoms with van der Waals surface area (Å²) >= 11 is 0. The third-order valence-corrected chi connectivity index (χ3v) is 4.87. The van der Waals surface area contributed by atoms with E-state index in [1.165, 1.54) is 19.3 Å². The first kappa shape index (κ1) is 20.8. The number of aliphatic imine (C=N–C) groups is 1. The van der Waals surface area contributed by atoms with Crippen LogP contribution in [0.25, 0.3) is 0 Å². The van der Waals surface area contributed by atoms with E-state index >= 15 is 0 Å². The summed E-state index contributed by atoms with van der Waals surface area (Å²) in [6, 6.07) is 8.40. The standard InChI is InChI=1S/C19H28N4O2.HI/c20-19(21-12-10-18(24)22-14-6-2-1-3-7-14)23-16-11-13-25-17-9-5-4-8-15(16)17;/h4-5,8-9,14,16H,1-3,6-7,10-13H2,(H,22,24)(H3,20,21,23);1H. The Labute approximate surface area is 172 Å². The van der Waals surface area contributed by atoms with E-state index in [1.807, 2.05) is 24.3 Å². The van der Waals surface area contributed by atoms with Gasteiger partial charge in [0.15, 0.2) is 5.96 Å². The van der Waals surface area contributed by atoms with Crippen molar-refractivity contribution >= 4 is 35.8 Å². The number of ether oxygens (including phenoxy) is 1. The maximum Gasteiger partial charge on any atom is 0.222 e. The summed E-state index contributed by atoms with van der Waals surface area (Å²) in [6.45, 7) is 1.06. The van der Waals surface area contributed by atoms with Gasteiger partial charge in [-0.05, 0) is 18.9 Å². The van der Waals surface area contributed by atoms with E-state index in [4.69, 9.17) is 10.5 Å². The molecule has 1 aliphatic heterocycles. The van der Waals surface area contributed by atoms with Crippen molar-refractivity contribution in [2.24, 2.45) is 10.7 Å². The zero-order chi connectivity index (χ0) is 17.5. The molecule has 1 heterocycles. The van der Waals surface area contributed by atoms with Gasteiger partial charge in [-0.15, -0.1) is 24.0 Å². The highest BCUT2D eigenvalue weighted by Crippen LogP contribution is 2.31. The summed E-state index contributed by atoms with van der Waals surface area (Å²) in [6.07, 6.45) is 7.13. The molecule has 4 N–H and O–H groups in total. The molecule has 0 bridgehead atoms. The molecule has 1 unspecified atom stereocenters. The summed E-state index contributed by atoms with van der Waals surface area (Å²) in [5, 5.41) is 6.35. The number of amides is 1. The zero-order valence-corrected chi connectivity index (χ0v) is 17.4. The van der Waals surface area contributed by atoms with Gasteiger partial charge < -0.3 is 21.1 Å². The molecule has 0 saturated heterocycles. The molecule has 6 nitrogen and oxygen atoms in total. The monoisotopic (exact) mass is 472 g/mol. The number of carbonyl (C=O) groups is 1. The van der Waals surface area contributed by atoms with Gasteiger partial charge in [-0.3, -0.25) is 9.79 Å². The van der Waals surface area contributed by atoms with E-state index in [2.05, 4.69) is 15.6 Å². The molecule has 1 amide bonds.